The number of H-pyrrole nitrogens is 1. The Labute approximate surface area is 110 Å². The maximum atomic E-state index is 5.80. The van der Waals surface area contributed by atoms with E-state index in [1.165, 1.54) is 11.5 Å². The summed E-state index contributed by atoms with van der Waals surface area (Å²) in [5, 5.41) is 10.9. The van der Waals surface area contributed by atoms with E-state index in [2.05, 4.69) is 19.9 Å². The van der Waals surface area contributed by atoms with Crippen molar-refractivity contribution in [2.75, 3.05) is 11.1 Å². The quantitative estimate of drug-likeness (QED) is 0.774. The van der Waals surface area contributed by atoms with Crippen molar-refractivity contribution < 1.29 is 4.74 Å². The lowest BCUT2D eigenvalue weighted by molar-refractivity contribution is 0.245. The third kappa shape index (κ3) is 2.73. The number of aromatic amines is 1. The highest BCUT2D eigenvalue weighted by molar-refractivity contribution is 7.11. The molecular weight excluding hydrogens is 250 g/mol. The molecule has 0 bridgehead atoms. The molecule has 0 saturated heterocycles. The average Bonchev–Trinajstić information content (AvgIpc) is 2.93. The van der Waals surface area contributed by atoms with Gasteiger partial charge in [-0.05, 0) is 32.3 Å². The second-order valence-electron chi connectivity index (χ2n) is 4.29. The Balaban J connectivity index is 2.14. The summed E-state index contributed by atoms with van der Waals surface area (Å²) in [5.41, 5.74) is 6.87. The zero-order valence-corrected chi connectivity index (χ0v) is 11.4. The average molecular weight is 267 g/mol. The van der Waals surface area contributed by atoms with E-state index in [1.54, 1.807) is 6.20 Å². The number of aromatic nitrogens is 3. The molecule has 7 heteroatoms. The summed E-state index contributed by atoms with van der Waals surface area (Å²) in [7, 11) is 0. The molecule has 1 atom stereocenters. The number of hydrogen-bond donors (Lipinski definition) is 3. The Bertz CT molecular complexity index is 494. The monoisotopic (exact) mass is 267 g/mol. The SMILES string of the molecule is CC(C)Oc1c(N)nsc1NC(C)c1cn[nH]c1. The van der Waals surface area contributed by atoms with E-state index in [0.29, 0.717) is 11.6 Å². The fourth-order valence-electron chi connectivity index (χ4n) is 1.51. The van der Waals surface area contributed by atoms with Crippen molar-refractivity contribution in [3.63, 3.8) is 0 Å². The first-order valence-corrected chi connectivity index (χ1v) is 6.52. The summed E-state index contributed by atoms with van der Waals surface area (Å²) in [6.07, 6.45) is 3.70. The zero-order valence-electron chi connectivity index (χ0n) is 10.6. The van der Waals surface area contributed by atoms with Crippen LogP contribution in [0.4, 0.5) is 10.8 Å². The van der Waals surface area contributed by atoms with Crippen molar-refractivity contribution in [1.82, 2.24) is 14.6 Å². The van der Waals surface area contributed by atoms with Gasteiger partial charge in [0.1, 0.15) is 0 Å². The second kappa shape index (κ2) is 5.26. The van der Waals surface area contributed by atoms with Crippen LogP contribution in [0, 0.1) is 0 Å². The predicted octanol–water partition coefficient (Wildman–Crippen LogP) is 2.41. The molecule has 0 aliphatic carbocycles. The number of hydrogen-bond acceptors (Lipinski definition) is 6. The zero-order chi connectivity index (χ0) is 13.1. The van der Waals surface area contributed by atoms with Gasteiger partial charge in [0.05, 0.1) is 18.3 Å². The van der Waals surface area contributed by atoms with Gasteiger partial charge in [-0.2, -0.15) is 9.47 Å². The normalized spacial score (nSPS) is 12.7. The summed E-state index contributed by atoms with van der Waals surface area (Å²) in [4.78, 5) is 0. The van der Waals surface area contributed by atoms with Crippen molar-refractivity contribution >= 4 is 22.4 Å². The summed E-state index contributed by atoms with van der Waals surface area (Å²) in [6, 6.07) is 0.109. The minimum atomic E-state index is 0.0634. The van der Waals surface area contributed by atoms with E-state index >= 15 is 0 Å². The minimum absolute atomic E-state index is 0.0634. The van der Waals surface area contributed by atoms with Crippen LogP contribution in [0.3, 0.4) is 0 Å². The standard InChI is InChI=1S/C11H17N5OS/c1-6(2)17-9-10(12)16-18-11(9)15-7(3)8-4-13-14-5-8/h4-7,15H,1-3H3,(H2,12,16)(H,13,14). The highest BCUT2D eigenvalue weighted by Crippen LogP contribution is 2.37. The van der Waals surface area contributed by atoms with Crippen LogP contribution in [0.15, 0.2) is 12.4 Å². The molecular formula is C11H17N5OS. The molecule has 1 unspecified atom stereocenters. The highest BCUT2D eigenvalue weighted by Gasteiger charge is 2.17. The van der Waals surface area contributed by atoms with Gasteiger partial charge in [0.15, 0.2) is 16.6 Å². The first kappa shape index (κ1) is 12.7. The molecule has 98 valence electrons. The molecule has 4 N–H and O–H groups in total. The Morgan fingerprint density at radius 3 is 2.83 bits per heavy atom. The molecule has 0 radical (unpaired) electrons. The summed E-state index contributed by atoms with van der Waals surface area (Å²) >= 11 is 1.30. The maximum absolute atomic E-state index is 5.80. The van der Waals surface area contributed by atoms with Crippen LogP contribution in [0.5, 0.6) is 5.75 Å². The van der Waals surface area contributed by atoms with Crippen molar-refractivity contribution in [2.24, 2.45) is 0 Å². The van der Waals surface area contributed by atoms with Crippen LogP contribution in [-0.4, -0.2) is 20.7 Å². The fraction of sp³-hybridized carbons (Fsp3) is 0.455. The Hall–Kier alpha value is -1.76. The van der Waals surface area contributed by atoms with Crippen molar-refractivity contribution in [2.45, 2.75) is 32.9 Å². The molecule has 0 amide bonds. The van der Waals surface area contributed by atoms with Gasteiger partial charge in [-0.25, -0.2) is 0 Å². The predicted molar refractivity (Wildman–Crippen MR) is 72.9 cm³/mol. The van der Waals surface area contributed by atoms with Crippen LogP contribution < -0.4 is 15.8 Å². The topological polar surface area (TPSA) is 88.8 Å². The van der Waals surface area contributed by atoms with Gasteiger partial charge >= 0.3 is 0 Å². The van der Waals surface area contributed by atoms with E-state index in [0.717, 1.165) is 10.6 Å². The first-order chi connectivity index (χ1) is 8.58. The van der Waals surface area contributed by atoms with Gasteiger partial charge in [-0.3, -0.25) is 5.10 Å². The first-order valence-electron chi connectivity index (χ1n) is 5.75. The van der Waals surface area contributed by atoms with Gasteiger partial charge < -0.3 is 15.8 Å². The molecule has 0 fully saturated rings. The number of nitrogen functional groups attached to an aromatic ring is 1. The van der Waals surface area contributed by atoms with Crippen LogP contribution in [0.1, 0.15) is 32.4 Å². The highest BCUT2D eigenvalue weighted by atomic mass is 32.1. The molecule has 2 heterocycles. The lowest BCUT2D eigenvalue weighted by Gasteiger charge is -2.15. The van der Waals surface area contributed by atoms with Gasteiger partial charge in [0, 0.05) is 11.8 Å². The molecule has 0 aliphatic heterocycles. The van der Waals surface area contributed by atoms with Crippen molar-refractivity contribution in [3.8, 4) is 5.75 Å². The maximum Gasteiger partial charge on any atom is 0.197 e. The Morgan fingerprint density at radius 1 is 1.44 bits per heavy atom. The molecule has 18 heavy (non-hydrogen) atoms. The van der Waals surface area contributed by atoms with Gasteiger partial charge in [-0.1, -0.05) is 0 Å². The lowest BCUT2D eigenvalue weighted by Crippen LogP contribution is -2.10. The van der Waals surface area contributed by atoms with Crippen molar-refractivity contribution in [3.05, 3.63) is 18.0 Å². The van der Waals surface area contributed by atoms with Crippen LogP contribution in [0.25, 0.3) is 0 Å². The van der Waals surface area contributed by atoms with Crippen molar-refractivity contribution in [1.29, 1.82) is 0 Å². The Kier molecular flexibility index (Phi) is 3.71. The number of nitrogens with two attached hydrogens (primary N) is 1. The minimum Gasteiger partial charge on any atom is -0.484 e. The smallest absolute Gasteiger partial charge is 0.197 e. The summed E-state index contributed by atoms with van der Waals surface area (Å²) in [6.45, 7) is 5.96. The molecule has 6 nitrogen and oxygen atoms in total. The van der Waals surface area contributed by atoms with E-state index in [-0.39, 0.29) is 12.1 Å². The largest absolute Gasteiger partial charge is 0.484 e. The van der Waals surface area contributed by atoms with E-state index in [1.807, 2.05) is 27.0 Å². The Morgan fingerprint density at radius 2 is 2.22 bits per heavy atom. The third-order valence-electron chi connectivity index (χ3n) is 2.39. The molecule has 0 aliphatic rings. The number of ether oxygens (including phenoxy) is 1. The number of nitrogens with zero attached hydrogens (tertiary/aromatic N) is 2. The van der Waals surface area contributed by atoms with Gasteiger partial charge in [0.2, 0.25) is 0 Å². The second-order valence-corrected chi connectivity index (χ2v) is 5.06. The van der Waals surface area contributed by atoms with E-state index in [4.69, 9.17) is 10.5 Å². The number of rotatable bonds is 5. The third-order valence-corrected chi connectivity index (χ3v) is 3.17. The number of nitrogens with one attached hydrogen (secondary N) is 2. The molecule has 0 spiro atoms. The van der Waals surface area contributed by atoms with Crippen LogP contribution in [0.2, 0.25) is 0 Å². The summed E-state index contributed by atoms with van der Waals surface area (Å²) < 4.78 is 9.78. The number of anilines is 2. The van der Waals surface area contributed by atoms with Crippen LogP contribution >= 0.6 is 11.5 Å². The molecule has 2 aromatic heterocycles. The van der Waals surface area contributed by atoms with E-state index in [9.17, 15) is 0 Å². The van der Waals surface area contributed by atoms with Gasteiger partial charge in [-0.15, -0.1) is 0 Å². The molecule has 2 rings (SSSR count). The van der Waals surface area contributed by atoms with E-state index < -0.39 is 0 Å². The fourth-order valence-corrected chi connectivity index (χ4v) is 2.25. The summed E-state index contributed by atoms with van der Waals surface area (Å²) in [5.74, 6) is 1.06. The van der Waals surface area contributed by atoms with Gasteiger partial charge in [0.25, 0.3) is 0 Å². The molecule has 0 aromatic carbocycles. The van der Waals surface area contributed by atoms with Crippen LogP contribution in [-0.2, 0) is 0 Å². The lowest BCUT2D eigenvalue weighted by atomic mass is 10.2. The molecule has 2 aromatic rings. The molecule has 0 saturated carbocycles.